The number of esters is 1. The van der Waals surface area contributed by atoms with E-state index in [1.165, 1.54) is 154 Å². The molecule has 0 spiro atoms. The summed E-state index contributed by atoms with van der Waals surface area (Å²) in [5.74, 6) is 8.37. The molecule has 6 saturated carbocycles. The molecule has 3 aromatic rings. The Morgan fingerprint density at radius 2 is 0.835 bits per heavy atom. The lowest BCUT2D eigenvalue weighted by molar-refractivity contribution is -0.140. The number of hydrogen-bond donors (Lipinski definition) is 0. The average molecular weight is 1140 g/mol. The quantitative estimate of drug-likeness (QED) is 0.0697. The van der Waals surface area contributed by atoms with Crippen LogP contribution >= 0.6 is 36.7 Å². The van der Waals surface area contributed by atoms with Gasteiger partial charge in [0.15, 0.2) is 5.82 Å². The molecule has 0 radical (unpaired) electrons. The Morgan fingerprint density at radius 1 is 0.468 bits per heavy atom. The Kier molecular flexibility index (Phi) is 25.2. The maximum absolute atomic E-state index is 14.3. The van der Waals surface area contributed by atoms with Gasteiger partial charge in [0.2, 0.25) is 0 Å². The minimum absolute atomic E-state index is 0.0780. The van der Waals surface area contributed by atoms with Gasteiger partial charge in [0.1, 0.15) is 34.4 Å². The normalized spacial score (nSPS) is 28.9. The van der Waals surface area contributed by atoms with E-state index in [2.05, 4.69) is 100 Å². The van der Waals surface area contributed by atoms with Gasteiger partial charge >= 0.3 is 5.97 Å². The number of ether oxygens (including phenoxy) is 1. The van der Waals surface area contributed by atoms with Crippen molar-refractivity contribution >= 4 is 75.2 Å². The van der Waals surface area contributed by atoms with E-state index in [9.17, 15) is 18.0 Å². The zero-order valence-corrected chi connectivity index (χ0v) is 51.2. The van der Waals surface area contributed by atoms with Crippen molar-refractivity contribution in [2.45, 2.75) is 227 Å². The van der Waals surface area contributed by atoms with Crippen LogP contribution in [0.1, 0.15) is 228 Å². The number of hydrogen-bond acceptors (Lipinski definition) is 8. The van der Waals surface area contributed by atoms with Crippen molar-refractivity contribution in [3.63, 3.8) is 0 Å². The van der Waals surface area contributed by atoms with Gasteiger partial charge in [-0.1, -0.05) is 110 Å². The van der Waals surface area contributed by atoms with E-state index < -0.39 is 5.82 Å². The molecule has 3 aromatic carbocycles. The number of aliphatic imine (C=N–C) groups is 3. The van der Waals surface area contributed by atoms with Crippen LogP contribution in [0.2, 0.25) is 0 Å². The number of halogens is 3. The molecule has 11 heteroatoms. The summed E-state index contributed by atoms with van der Waals surface area (Å²) in [6, 6.07) is 10.3. The van der Waals surface area contributed by atoms with Crippen LogP contribution in [0.15, 0.2) is 51.4 Å². The largest absolute Gasteiger partial charge is 0.426 e. The van der Waals surface area contributed by atoms with Crippen molar-refractivity contribution in [2.24, 2.45) is 80.1 Å². The molecule has 6 aliphatic carbocycles. The standard InChI is InChI=1S/2C23H32FNS.C22H28FNO2S/c1-16-3-9-20(10-4-16)21-11-7-18(8-12-21)5-6-19-13-17(2)23(25-15-26)22(24)14-19;1-16-3-5-18(6-4-16)7-8-19-9-11-20(12-10-19)21-13-17(2)23(25-15-26)22(24)14-21;1-14-3-5-16(6-4-14)17-7-9-18(10-8-17)22(25)26-19-11-15(2)21(24-13-27)20(23)12-19/h13-14,16,18,20-21H,3-12H2,1-2H3;13-14,16,18-20H,3-12H2,1-2H3;11-12,14,16-18H,3-10H2,1-2H3. The van der Waals surface area contributed by atoms with Gasteiger partial charge in [0.25, 0.3) is 0 Å². The fourth-order valence-corrected chi connectivity index (χ4v) is 15.3. The van der Waals surface area contributed by atoms with Crippen LogP contribution in [0, 0.1) is 103 Å². The van der Waals surface area contributed by atoms with Gasteiger partial charge in [-0.2, -0.15) is 15.0 Å². The van der Waals surface area contributed by atoms with Crippen LogP contribution in [0.4, 0.5) is 30.2 Å². The van der Waals surface area contributed by atoms with Crippen molar-refractivity contribution in [1.82, 2.24) is 0 Å². The molecular weight excluding hydrogens is 1040 g/mol. The molecule has 0 N–H and O–H groups in total. The maximum atomic E-state index is 14.3. The molecule has 79 heavy (non-hydrogen) atoms. The van der Waals surface area contributed by atoms with E-state index in [0.717, 1.165) is 114 Å². The van der Waals surface area contributed by atoms with Gasteiger partial charge in [0, 0.05) is 6.07 Å². The van der Waals surface area contributed by atoms with Gasteiger partial charge in [-0.3, -0.25) is 4.79 Å². The smallest absolute Gasteiger partial charge is 0.314 e. The number of isothiocyanates is 3. The highest BCUT2D eigenvalue weighted by molar-refractivity contribution is 7.78. The predicted octanol–water partition coefficient (Wildman–Crippen LogP) is 21.6. The Labute approximate surface area is 489 Å². The summed E-state index contributed by atoms with van der Waals surface area (Å²) in [6.45, 7) is 12.7. The summed E-state index contributed by atoms with van der Waals surface area (Å²) >= 11 is 13.8. The number of benzene rings is 3. The lowest BCUT2D eigenvalue weighted by Gasteiger charge is -2.37. The number of carbonyl (C=O) groups excluding carboxylic acids is 1. The molecule has 5 nitrogen and oxygen atoms in total. The third-order valence-electron chi connectivity index (χ3n) is 20.2. The number of rotatable bonds is 14. The molecule has 6 fully saturated rings. The number of nitrogens with zero attached hydrogens (tertiary/aromatic N) is 3. The second-order valence-corrected chi connectivity index (χ2v) is 26.5. The lowest BCUT2D eigenvalue weighted by Crippen LogP contribution is -2.29. The summed E-state index contributed by atoms with van der Waals surface area (Å²) in [7, 11) is 0. The molecule has 0 heterocycles. The highest BCUT2D eigenvalue weighted by Crippen LogP contribution is 2.45. The predicted molar refractivity (Wildman–Crippen MR) is 330 cm³/mol. The molecule has 9 rings (SSSR count). The van der Waals surface area contributed by atoms with E-state index in [1.54, 1.807) is 25.1 Å². The third-order valence-corrected chi connectivity index (χ3v) is 20.5. The first kappa shape index (κ1) is 62.9. The van der Waals surface area contributed by atoms with E-state index in [-0.39, 0.29) is 35.0 Å². The second kappa shape index (κ2) is 31.7. The van der Waals surface area contributed by atoms with Crippen molar-refractivity contribution in [2.75, 3.05) is 0 Å². The first-order valence-electron chi connectivity index (χ1n) is 30.9. The number of carbonyl (C=O) groups is 1. The van der Waals surface area contributed by atoms with Crippen molar-refractivity contribution in [3.8, 4) is 5.75 Å². The molecular formula is C68H92F3N3O2S3. The zero-order chi connectivity index (χ0) is 56.4. The van der Waals surface area contributed by atoms with Crippen molar-refractivity contribution < 1.29 is 22.7 Å². The molecule has 6 aliphatic rings. The second-order valence-electron chi connectivity index (χ2n) is 25.9. The summed E-state index contributed by atoms with van der Waals surface area (Å²) in [4.78, 5) is 24.0. The summed E-state index contributed by atoms with van der Waals surface area (Å²) in [5, 5.41) is 6.72. The van der Waals surface area contributed by atoms with Crippen LogP contribution in [0.3, 0.4) is 0 Å². The Balaban J connectivity index is 0.000000172. The Bertz CT molecular complexity index is 2520. The average Bonchev–Trinajstić information content (AvgIpc) is 3.44. The lowest BCUT2D eigenvalue weighted by atomic mass is 9.69. The van der Waals surface area contributed by atoms with Gasteiger partial charge in [0.05, 0.1) is 21.4 Å². The first-order valence-corrected chi connectivity index (χ1v) is 32.2. The highest BCUT2D eigenvalue weighted by Gasteiger charge is 2.34. The Hall–Kier alpha value is -3.68. The van der Waals surface area contributed by atoms with E-state index in [4.69, 9.17) is 4.74 Å². The van der Waals surface area contributed by atoms with Crippen molar-refractivity contribution in [3.05, 3.63) is 81.7 Å². The van der Waals surface area contributed by atoms with Crippen LogP contribution in [0.5, 0.6) is 5.75 Å². The number of thiocarbonyl (C=S) groups is 3. The maximum Gasteiger partial charge on any atom is 0.314 e. The van der Waals surface area contributed by atoms with E-state index >= 15 is 0 Å². The molecule has 0 amide bonds. The zero-order valence-electron chi connectivity index (χ0n) is 48.7. The topological polar surface area (TPSA) is 63.4 Å². The Morgan fingerprint density at radius 3 is 1.28 bits per heavy atom. The highest BCUT2D eigenvalue weighted by atomic mass is 32.1. The minimum atomic E-state index is -0.551. The van der Waals surface area contributed by atoms with Gasteiger partial charge in [-0.15, -0.1) is 0 Å². The first-order chi connectivity index (χ1) is 38.1. The molecule has 0 atom stereocenters. The molecule has 0 aliphatic heterocycles. The van der Waals surface area contributed by atoms with E-state index in [0.29, 0.717) is 22.9 Å². The van der Waals surface area contributed by atoms with Gasteiger partial charge < -0.3 is 4.74 Å². The molecule has 0 bridgehead atoms. The molecule has 430 valence electrons. The van der Waals surface area contributed by atoms with Crippen LogP contribution in [-0.2, 0) is 11.2 Å². The SMILES string of the molecule is Cc1cc(C2CCC(CCC3CCC(C)CC3)CC2)cc(F)c1N=C=S.Cc1cc(CCC2CCC(C3CCC(C)CC3)CC2)cc(F)c1N=C=S.Cc1cc(OC(=O)C2CCC(C3CCC(C)CC3)CC2)cc(F)c1N=C=S. The van der Waals surface area contributed by atoms with Crippen LogP contribution in [-0.4, -0.2) is 21.5 Å². The third kappa shape index (κ3) is 18.9. The van der Waals surface area contributed by atoms with Crippen molar-refractivity contribution in [1.29, 1.82) is 0 Å². The van der Waals surface area contributed by atoms with Crippen LogP contribution in [0.25, 0.3) is 0 Å². The van der Waals surface area contributed by atoms with Gasteiger partial charge in [-0.25, -0.2) is 13.2 Å². The molecule has 0 saturated heterocycles. The van der Waals surface area contributed by atoms with E-state index in [1.807, 2.05) is 13.8 Å². The number of aryl methyl sites for hydroxylation is 4. The fourth-order valence-electron chi connectivity index (χ4n) is 15.0. The minimum Gasteiger partial charge on any atom is -0.426 e. The summed E-state index contributed by atoms with van der Waals surface area (Å²) in [5.41, 5.74) is 5.36. The molecule has 0 unspecified atom stereocenters. The molecule has 0 aromatic heterocycles. The monoisotopic (exact) mass is 1140 g/mol. The van der Waals surface area contributed by atoms with Crippen LogP contribution < -0.4 is 4.74 Å². The fraction of sp³-hybridized carbons (Fsp3) is 0.676. The summed E-state index contributed by atoms with van der Waals surface area (Å²) in [6.07, 6.45) is 36.5. The van der Waals surface area contributed by atoms with Gasteiger partial charge in [-0.05, 0) is 271 Å². The summed E-state index contributed by atoms with van der Waals surface area (Å²) < 4.78 is 48.1.